The Labute approximate surface area is 97.0 Å². The van der Waals surface area contributed by atoms with E-state index in [1.165, 1.54) is 12.8 Å². The highest BCUT2D eigenvalue weighted by molar-refractivity contribution is 8.03. The van der Waals surface area contributed by atoms with E-state index in [1.807, 2.05) is 0 Å². The summed E-state index contributed by atoms with van der Waals surface area (Å²) in [5, 5.41) is 0.875. The minimum atomic E-state index is 0.536. The van der Waals surface area contributed by atoms with Crippen LogP contribution >= 0.6 is 23.5 Å². The van der Waals surface area contributed by atoms with Crippen LogP contribution < -0.4 is 0 Å². The molecule has 0 bridgehead atoms. The number of hydrogen-bond donors (Lipinski definition) is 0. The molecule has 0 nitrogen and oxygen atoms in total. The van der Waals surface area contributed by atoms with Crippen LogP contribution in [0.3, 0.4) is 0 Å². The summed E-state index contributed by atoms with van der Waals surface area (Å²) in [4.78, 5) is 0. The molecule has 2 rings (SSSR count). The maximum atomic E-state index is 2.48. The molecule has 0 aromatic rings. The Kier molecular flexibility index (Phi) is 2.67. The molecule has 2 aliphatic rings. The van der Waals surface area contributed by atoms with Gasteiger partial charge in [0.25, 0.3) is 0 Å². The second kappa shape index (κ2) is 3.35. The summed E-state index contributed by atoms with van der Waals surface area (Å²) in [5.41, 5.74) is 0.654. The summed E-state index contributed by atoms with van der Waals surface area (Å²) in [5.74, 6) is 2.04. The van der Waals surface area contributed by atoms with Crippen molar-refractivity contribution in [3.05, 3.63) is 0 Å². The zero-order valence-corrected chi connectivity index (χ0v) is 11.6. The molecule has 0 amide bonds. The Morgan fingerprint density at radius 2 is 1.71 bits per heavy atom. The molecule has 0 aromatic carbocycles. The quantitative estimate of drug-likeness (QED) is 0.705. The van der Waals surface area contributed by atoms with E-state index in [4.69, 9.17) is 0 Å². The monoisotopic (exact) mass is 230 g/mol. The van der Waals surface area contributed by atoms with Crippen molar-refractivity contribution in [2.75, 3.05) is 12.5 Å². The lowest BCUT2D eigenvalue weighted by atomic mass is 9.89. The predicted octanol–water partition coefficient (Wildman–Crippen LogP) is 3.91. The Morgan fingerprint density at radius 1 is 1.07 bits per heavy atom. The van der Waals surface area contributed by atoms with Gasteiger partial charge in [0.15, 0.2) is 0 Å². The average Bonchev–Trinajstić information content (AvgIpc) is 2.66. The van der Waals surface area contributed by atoms with Crippen LogP contribution in [0.1, 0.15) is 33.6 Å². The van der Waals surface area contributed by atoms with Gasteiger partial charge in [-0.05, 0) is 49.5 Å². The second-order valence-corrected chi connectivity index (χ2v) is 8.10. The molecule has 0 spiro atoms. The van der Waals surface area contributed by atoms with Gasteiger partial charge in [-0.3, -0.25) is 0 Å². The van der Waals surface area contributed by atoms with Crippen molar-refractivity contribution in [1.82, 2.24) is 0 Å². The van der Waals surface area contributed by atoms with E-state index >= 15 is 0 Å². The smallest absolute Gasteiger partial charge is 0.0250 e. The summed E-state index contributed by atoms with van der Waals surface area (Å²) in [7, 11) is 0. The molecular weight excluding hydrogens is 208 g/mol. The molecule has 0 aromatic heterocycles. The highest BCUT2D eigenvalue weighted by Crippen LogP contribution is 2.69. The zero-order valence-electron chi connectivity index (χ0n) is 9.96. The molecule has 2 fully saturated rings. The molecule has 2 aliphatic carbocycles. The normalized spacial score (nSPS) is 49.9. The number of rotatable bonds is 2. The van der Waals surface area contributed by atoms with E-state index < -0.39 is 0 Å². The topological polar surface area (TPSA) is 0 Å². The fourth-order valence-corrected chi connectivity index (χ4v) is 5.62. The van der Waals surface area contributed by atoms with E-state index in [0.717, 1.165) is 17.1 Å². The van der Waals surface area contributed by atoms with Crippen LogP contribution in [-0.2, 0) is 0 Å². The third kappa shape index (κ3) is 1.44. The molecule has 0 saturated heterocycles. The van der Waals surface area contributed by atoms with Crippen molar-refractivity contribution in [2.45, 2.75) is 43.6 Å². The molecular formula is C12H22S2. The van der Waals surface area contributed by atoms with Crippen LogP contribution in [0.15, 0.2) is 0 Å². The van der Waals surface area contributed by atoms with Crippen molar-refractivity contribution in [2.24, 2.45) is 17.3 Å². The fraction of sp³-hybridized carbons (Fsp3) is 1.00. The van der Waals surface area contributed by atoms with Crippen LogP contribution in [0.25, 0.3) is 0 Å². The van der Waals surface area contributed by atoms with Gasteiger partial charge in [-0.2, -0.15) is 23.5 Å². The lowest BCUT2D eigenvalue weighted by Gasteiger charge is -2.39. The molecule has 0 unspecified atom stereocenters. The molecule has 0 heterocycles. The third-order valence-electron chi connectivity index (χ3n) is 4.81. The summed E-state index contributed by atoms with van der Waals surface area (Å²) >= 11 is 4.18. The van der Waals surface area contributed by atoms with Gasteiger partial charge in [0, 0.05) is 10.00 Å². The van der Waals surface area contributed by atoms with Crippen LogP contribution in [0, 0.1) is 17.3 Å². The molecule has 14 heavy (non-hydrogen) atoms. The van der Waals surface area contributed by atoms with Gasteiger partial charge in [0.2, 0.25) is 0 Å². The standard InChI is InChI=1S/C12H22S2/c1-11(2)8-6-10(13-4)12(3,14-5)7-9(8)11/h8-10H,6-7H2,1-5H3/t8-,9+,10+,12+/m0/s1. The van der Waals surface area contributed by atoms with Gasteiger partial charge in [-0.25, -0.2) is 0 Å². The maximum absolute atomic E-state index is 2.48. The van der Waals surface area contributed by atoms with Gasteiger partial charge < -0.3 is 0 Å². The van der Waals surface area contributed by atoms with Gasteiger partial charge in [0.05, 0.1) is 0 Å². The minimum absolute atomic E-state index is 0.536. The molecule has 0 aliphatic heterocycles. The Morgan fingerprint density at radius 3 is 2.21 bits per heavy atom. The van der Waals surface area contributed by atoms with Crippen molar-refractivity contribution < 1.29 is 0 Å². The SMILES string of the molecule is CS[C@@H]1C[C@H]2[C@@H](C[C@@]1(C)SC)C2(C)C. The van der Waals surface area contributed by atoms with Gasteiger partial charge >= 0.3 is 0 Å². The summed E-state index contributed by atoms with van der Waals surface area (Å²) < 4.78 is 0.536. The minimum Gasteiger partial charge on any atom is -0.161 e. The lowest BCUT2D eigenvalue weighted by Crippen LogP contribution is -2.37. The largest absolute Gasteiger partial charge is 0.161 e. The zero-order chi connectivity index (χ0) is 10.6. The first-order valence-electron chi connectivity index (χ1n) is 5.53. The molecule has 2 saturated carbocycles. The molecule has 4 atom stereocenters. The summed E-state index contributed by atoms with van der Waals surface area (Å²) in [6, 6.07) is 0. The Bertz CT molecular complexity index is 236. The highest BCUT2D eigenvalue weighted by atomic mass is 32.2. The van der Waals surface area contributed by atoms with Crippen molar-refractivity contribution in [3.63, 3.8) is 0 Å². The van der Waals surface area contributed by atoms with Crippen LogP contribution in [0.4, 0.5) is 0 Å². The van der Waals surface area contributed by atoms with Crippen LogP contribution in [0.5, 0.6) is 0 Å². The first-order chi connectivity index (χ1) is 6.45. The van der Waals surface area contributed by atoms with Gasteiger partial charge in [-0.1, -0.05) is 13.8 Å². The Balaban J connectivity index is 2.14. The average molecular weight is 230 g/mol. The molecule has 2 heteroatoms. The summed E-state index contributed by atoms with van der Waals surface area (Å²) in [6.45, 7) is 7.40. The van der Waals surface area contributed by atoms with E-state index in [0.29, 0.717) is 10.2 Å². The Hall–Kier alpha value is 0.700. The fourth-order valence-electron chi connectivity index (χ4n) is 3.34. The van der Waals surface area contributed by atoms with Crippen molar-refractivity contribution in [1.29, 1.82) is 0 Å². The summed E-state index contributed by atoms with van der Waals surface area (Å²) in [6.07, 6.45) is 7.47. The molecule has 0 radical (unpaired) electrons. The maximum Gasteiger partial charge on any atom is 0.0250 e. The lowest BCUT2D eigenvalue weighted by molar-refractivity contribution is 0.415. The molecule has 82 valence electrons. The predicted molar refractivity (Wildman–Crippen MR) is 69.2 cm³/mol. The number of fused-ring (bicyclic) bond motifs is 1. The number of thioether (sulfide) groups is 2. The van der Waals surface area contributed by atoms with E-state index in [9.17, 15) is 0 Å². The van der Waals surface area contributed by atoms with E-state index in [1.54, 1.807) is 0 Å². The van der Waals surface area contributed by atoms with Crippen molar-refractivity contribution >= 4 is 23.5 Å². The number of hydrogen-bond acceptors (Lipinski definition) is 2. The first kappa shape index (κ1) is 11.2. The van der Waals surface area contributed by atoms with Crippen molar-refractivity contribution in [3.8, 4) is 0 Å². The third-order valence-corrected chi connectivity index (χ3v) is 7.63. The van der Waals surface area contributed by atoms with Crippen LogP contribution in [0.2, 0.25) is 0 Å². The van der Waals surface area contributed by atoms with Gasteiger partial charge in [0.1, 0.15) is 0 Å². The van der Waals surface area contributed by atoms with E-state index in [2.05, 4.69) is 56.8 Å². The van der Waals surface area contributed by atoms with Gasteiger partial charge in [-0.15, -0.1) is 0 Å². The molecule has 0 N–H and O–H groups in total. The van der Waals surface area contributed by atoms with Crippen LogP contribution in [-0.4, -0.2) is 22.5 Å². The highest BCUT2D eigenvalue weighted by Gasteiger charge is 2.63. The second-order valence-electron chi connectivity index (χ2n) is 5.72. The first-order valence-corrected chi connectivity index (χ1v) is 8.05. The van der Waals surface area contributed by atoms with E-state index in [-0.39, 0.29) is 0 Å².